The zero-order valence-corrected chi connectivity index (χ0v) is 11.5. The molecule has 106 valence electrons. The molecule has 6 nitrogen and oxygen atoms in total. The third kappa shape index (κ3) is 4.02. The van der Waals surface area contributed by atoms with E-state index in [0.29, 0.717) is 17.9 Å². The van der Waals surface area contributed by atoms with Gasteiger partial charge in [0.1, 0.15) is 6.42 Å². The van der Waals surface area contributed by atoms with Crippen molar-refractivity contribution in [3.8, 4) is 0 Å². The molecule has 0 unspecified atom stereocenters. The molecular weight excluding hydrogens is 246 g/mol. The number of likely N-dealkylation sites (tertiary alicyclic amines) is 1. The highest BCUT2D eigenvalue weighted by Gasteiger charge is 2.23. The lowest BCUT2D eigenvalue weighted by Crippen LogP contribution is -2.38. The summed E-state index contributed by atoms with van der Waals surface area (Å²) in [6.07, 6.45) is 2.86. The van der Waals surface area contributed by atoms with E-state index in [1.54, 1.807) is 0 Å². The van der Waals surface area contributed by atoms with Crippen molar-refractivity contribution < 1.29 is 14.4 Å². The van der Waals surface area contributed by atoms with Crippen LogP contribution in [-0.2, 0) is 17.6 Å². The quantitative estimate of drug-likeness (QED) is 0.867. The molecule has 0 saturated carbocycles. The number of carboxylic acids is 1. The predicted octanol–water partition coefficient (Wildman–Crippen LogP) is 1.36. The number of carboxylic acid groups (broad SMARTS) is 1. The molecule has 2 heterocycles. The van der Waals surface area contributed by atoms with E-state index in [-0.39, 0.29) is 12.2 Å². The number of aliphatic carboxylic acids is 1. The van der Waals surface area contributed by atoms with Gasteiger partial charge >= 0.3 is 5.97 Å². The average molecular weight is 267 g/mol. The monoisotopic (exact) mass is 267 g/mol. The lowest BCUT2D eigenvalue weighted by molar-refractivity contribution is -0.136. The maximum absolute atomic E-state index is 10.5. The van der Waals surface area contributed by atoms with Gasteiger partial charge < -0.3 is 14.5 Å². The highest BCUT2D eigenvalue weighted by molar-refractivity contribution is 5.68. The van der Waals surface area contributed by atoms with Gasteiger partial charge in [-0.05, 0) is 45.7 Å². The molecule has 0 spiro atoms. The van der Waals surface area contributed by atoms with Crippen LogP contribution >= 0.6 is 0 Å². The number of carbonyl (C=O) groups is 1. The molecule has 1 aromatic heterocycles. The Balaban J connectivity index is 1.82. The summed E-state index contributed by atoms with van der Waals surface area (Å²) in [5, 5.41) is 12.3. The van der Waals surface area contributed by atoms with Crippen LogP contribution < -0.4 is 0 Å². The molecule has 2 rings (SSSR count). The van der Waals surface area contributed by atoms with E-state index in [0.717, 1.165) is 32.4 Å². The summed E-state index contributed by atoms with van der Waals surface area (Å²) >= 11 is 0. The Labute approximate surface area is 112 Å². The molecule has 1 saturated heterocycles. The van der Waals surface area contributed by atoms with Gasteiger partial charge in [0.15, 0.2) is 5.82 Å². The summed E-state index contributed by atoms with van der Waals surface area (Å²) in [4.78, 5) is 17.1. The van der Waals surface area contributed by atoms with Crippen LogP contribution in [0.25, 0.3) is 0 Å². The number of nitrogens with zero attached hydrogens (tertiary/aromatic N) is 3. The number of hydrogen-bond acceptors (Lipinski definition) is 5. The van der Waals surface area contributed by atoms with Crippen LogP contribution in [-0.4, -0.2) is 45.2 Å². The van der Waals surface area contributed by atoms with Crippen molar-refractivity contribution in [2.24, 2.45) is 5.92 Å². The summed E-state index contributed by atoms with van der Waals surface area (Å²) in [6, 6.07) is 0.603. The van der Waals surface area contributed by atoms with Gasteiger partial charge in [0.05, 0.1) is 0 Å². The fraction of sp³-hybridized carbons (Fsp3) is 0.769. The highest BCUT2D eigenvalue weighted by Crippen LogP contribution is 2.22. The van der Waals surface area contributed by atoms with Crippen LogP contribution in [0.3, 0.4) is 0 Å². The summed E-state index contributed by atoms with van der Waals surface area (Å²) < 4.78 is 5.10. The first-order chi connectivity index (χ1) is 9.04. The second kappa shape index (κ2) is 6.14. The molecule has 1 aromatic rings. The first kappa shape index (κ1) is 14.0. The summed E-state index contributed by atoms with van der Waals surface area (Å²) in [5.41, 5.74) is 0. The zero-order chi connectivity index (χ0) is 13.8. The fourth-order valence-electron chi connectivity index (χ4n) is 2.50. The first-order valence-corrected chi connectivity index (χ1v) is 6.82. The van der Waals surface area contributed by atoms with E-state index in [2.05, 4.69) is 28.9 Å². The van der Waals surface area contributed by atoms with E-state index in [1.807, 2.05) is 0 Å². The number of hydrogen-bond donors (Lipinski definition) is 1. The van der Waals surface area contributed by atoms with Gasteiger partial charge in [-0.3, -0.25) is 4.79 Å². The van der Waals surface area contributed by atoms with E-state index in [4.69, 9.17) is 9.63 Å². The van der Waals surface area contributed by atoms with Crippen molar-refractivity contribution in [3.63, 3.8) is 0 Å². The van der Waals surface area contributed by atoms with Gasteiger partial charge in [0.25, 0.3) is 0 Å². The van der Waals surface area contributed by atoms with Crippen LogP contribution in [0.2, 0.25) is 0 Å². The van der Waals surface area contributed by atoms with E-state index < -0.39 is 5.97 Å². The Bertz CT molecular complexity index is 423. The standard InChI is InChI=1S/C13H21N3O3/c1-9(2)16-5-3-10(4-6-16)7-12-14-11(15-19-12)8-13(17)18/h9-10H,3-8H2,1-2H3,(H,17,18). The Morgan fingerprint density at radius 1 is 1.47 bits per heavy atom. The number of rotatable bonds is 5. The van der Waals surface area contributed by atoms with Gasteiger partial charge in [-0.25, -0.2) is 0 Å². The molecule has 19 heavy (non-hydrogen) atoms. The van der Waals surface area contributed by atoms with Crippen molar-refractivity contribution in [1.82, 2.24) is 15.0 Å². The van der Waals surface area contributed by atoms with E-state index in [1.165, 1.54) is 0 Å². The van der Waals surface area contributed by atoms with Crippen molar-refractivity contribution in [1.29, 1.82) is 0 Å². The Morgan fingerprint density at radius 3 is 2.74 bits per heavy atom. The van der Waals surface area contributed by atoms with Gasteiger partial charge in [-0.1, -0.05) is 5.16 Å². The molecule has 0 aliphatic carbocycles. The van der Waals surface area contributed by atoms with Gasteiger partial charge in [0.2, 0.25) is 5.89 Å². The van der Waals surface area contributed by atoms with Crippen LogP contribution in [0.1, 0.15) is 38.4 Å². The molecule has 1 aliphatic rings. The van der Waals surface area contributed by atoms with Gasteiger partial charge in [-0.2, -0.15) is 4.98 Å². The maximum Gasteiger partial charge on any atom is 0.311 e. The molecule has 6 heteroatoms. The zero-order valence-electron chi connectivity index (χ0n) is 11.5. The summed E-state index contributed by atoms with van der Waals surface area (Å²) in [6.45, 7) is 6.66. The van der Waals surface area contributed by atoms with Crippen molar-refractivity contribution in [2.45, 2.75) is 45.6 Å². The molecule has 0 radical (unpaired) electrons. The van der Waals surface area contributed by atoms with Crippen LogP contribution in [0.4, 0.5) is 0 Å². The largest absolute Gasteiger partial charge is 0.481 e. The Hall–Kier alpha value is -1.43. The molecular formula is C13H21N3O3. The topological polar surface area (TPSA) is 79.5 Å². The SMILES string of the molecule is CC(C)N1CCC(Cc2nc(CC(=O)O)no2)CC1. The van der Waals surface area contributed by atoms with Crippen LogP contribution in [0, 0.1) is 5.92 Å². The molecule has 0 aromatic carbocycles. The predicted molar refractivity (Wildman–Crippen MR) is 68.8 cm³/mol. The lowest BCUT2D eigenvalue weighted by Gasteiger charge is -2.34. The van der Waals surface area contributed by atoms with Crippen LogP contribution in [0.15, 0.2) is 4.52 Å². The Kier molecular flexibility index (Phi) is 4.52. The summed E-state index contributed by atoms with van der Waals surface area (Å²) in [5.74, 6) is 0.465. The fourth-order valence-corrected chi connectivity index (χ4v) is 2.50. The minimum Gasteiger partial charge on any atom is -0.481 e. The van der Waals surface area contributed by atoms with Crippen molar-refractivity contribution >= 4 is 5.97 Å². The minimum absolute atomic E-state index is 0.171. The summed E-state index contributed by atoms with van der Waals surface area (Å²) in [7, 11) is 0. The lowest BCUT2D eigenvalue weighted by atomic mass is 9.93. The Morgan fingerprint density at radius 2 is 2.16 bits per heavy atom. The molecule has 0 bridgehead atoms. The minimum atomic E-state index is -0.933. The smallest absolute Gasteiger partial charge is 0.311 e. The number of piperidine rings is 1. The first-order valence-electron chi connectivity index (χ1n) is 6.82. The third-order valence-corrected chi connectivity index (χ3v) is 3.66. The van der Waals surface area contributed by atoms with E-state index in [9.17, 15) is 4.79 Å². The van der Waals surface area contributed by atoms with E-state index >= 15 is 0 Å². The molecule has 1 fully saturated rings. The van der Waals surface area contributed by atoms with Gasteiger partial charge in [-0.15, -0.1) is 0 Å². The third-order valence-electron chi connectivity index (χ3n) is 3.66. The van der Waals surface area contributed by atoms with Crippen molar-refractivity contribution in [3.05, 3.63) is 11.7 Å². The van der Waals surface area contributed by atoms with Crippen molar-refractivity contribution in [2.75, 3.05) is 13.1 Å². The highest BCUT2D eigenvalue weighted by atomic mass is 16.5. The second-order valence-electron chi connectivity index (χ2n) is 5.45. The average Bonchev–Trinajstić information content (AvgIpc) is 2.76. The number of aromatic nitrogens is 2. The molecule has 1 aliphatic heterocycles. The maximum atomic E-state index is 10.5. The van der Waals surface area contributed by atoms with Gasteiger partial charge in [0, 0.05) is 12.5 Å². The second-order valence-corrected chi connectivity index (χ2v) is 5.45. The molecule has 0 atom stereocenters. The van der Waals surface area contributed by atoms with Crippen LogP contribution in [0.5, 0.6) is 0 Å². The normalized spacial score (nSPS) is 18.1. The molecule has 0 amide bonds. The molecule has 1 N–H and O–H groups in total.